The number of hydrogen-bond acceptors (Lipinski definition) is 3. The maximum absolute atomic E-state index is 11.7. The van der Waals surface area contributed by atoms with Gasteiger partial charge >= 0.3 is 5.97 Å². The third-order valence-corrected chi connectivity index (χ3v) is 4.60. The molecule has 0 saturated heterocycles. The minimum absolute atomic E-state index is 0.204. The molecule has 0 aromatic carbocycles. The van der Waals surface area contributed by atoms with Crippen molar-refractivity contribution in [2.75, 3.05) is 6.54 Å². The van der Waals surface area contributed by atoms with E-state index in [4.69, 9.17) is 5.73 Å². The van der Waals surface area contributed by atoms with E-state index in [1.165, 1.54) is 12.8 Å². The fourth-order valence-corrected chi connectivity index (χ4v) is 3.24. The second-order valence-electron chi connectivity index (χ2n) is 5.92. The zero-order valence-electron chi connectivity index (χ0n) is 11.1. The van der Waals surface area contributed by atoms with Crippen molar-refractivity contribution < 1.29 is 9.90 Å². The number of carbonyl (C=O) groups is 1. The lowest BCUT2D eigenvalue weighted by atomic mass is 9.78. The van der Waals surface area contributed by atoms with Crippen LogP contribution in [0.15, 0.2) is 6.20 Å². The summed E-state index contributed by atoms with van der Waals surface area (Å²) < 4.78 is 2.18. The zero-order valence-corrected chi connectivity index (χ0v) is 11.1. The first-order valence-corrected chi connectivity index (χ1v) is 7.14. The number of nitrogens with zero attached hydrogens (tertiary/aromatic N) is 2. The molecule has 2 heterocycles. The number of aliphatic carboxylic acids is 1. The summed E-state index contributed by atoms with van der Waals surface area (Å²) in [6.45, 7) is 1.21. The predicted molar refractivity (Wildman–Crippen MR) is 70.7 cm³/mol. The molecule has 5 nitrogen and oxygen atoms in total. The van der Waals surface area contributed by atoms with Gasteiger partial charge in [0, 0.05) is 32.1 Å². The topological polar surface area (TPSA) is 81.1 Å². The Balaban J connectivity index is 1.85. The normalized spacial score (nSPS) is 21.7. The van der Waals surface area contributed by atoms with Gasteiger partial charge in [0.15, 0.2) is 0 Å². The summed E-state index contributed by atoms with van der Waals surface area (Å²) in [4.78, 5) is 16.3. The van der Waals surface area contributed by atoms with Crippen LogP contribution >= 0.6 is 0 Å². The molecule has 1 aromatic rings. The second kappa shape index (κ2) is 4.63. The molecule has 1 atom stereocenters. The van der Waals surface area contributed by atoms with Crippen molar-refractivity contribution in [3.63, 3.8) is 0 Å². The van der Waals surface area contributed by atoms with Crippen LogP contribution in [0.4, 0.5) is 0 Å². The molecule has 1 unspecified atom stereocenters. The van der Waals surface area contributed by atoms with Gasteiger partial charge in [0.1, 0.15) is 5.82 Å². The van der Waals surface area contributed by atoms with E-state index < -0.39 is 11.4 Å². The van der Waals surface area contributed by atoms with Gasteiger partial charge in [-0.25, -0.2) is 4.98 Å². The number of carboxylic acids is 1. The van der Waals surface area contributed by atoms with Crippen LogP contribution in [-0.4, -0.2) is 27.2 Å². The summed E-state index contributed by atoms with van der Waals surface area (Å²) in [7, 11) is 0. The van der Waals surface area contributed by atoms with Gasteiger partial charge < -0.3 is 15.4 Å². The molecule has 2 aliphatic rings. The number of nitrogens with two attached hydrogens (primary N) is 1. The highest BCUT2D eigenvalue weighted by Gasteiger charge is 2.50. The number of aryl methyl sites for hydroxylation is 2. The van der Waals surface area contributed by atoms with Gasteiger partial charge in [-0.15, -0.1) is 0 Å². The highest BCUT2D eigenvalue weighted by atomic mass is 16.4. The second-order valence-corrected chi connectivity index (χ2v) is 5.92. The minimum Gasteiger partial charge on any atom is -0.481 e. The van der Waals surface area contributed by atoms with Crippen molar-refractivity contribution >= 4 is 5.97 Å². The highest BCUT2D eigenvalue weighted by Crippen LogP contribution is 2.47. The molecule has 1 aliphatic heterocycles. The zero-order chi connectivity index (χ0) is 13.5. The van der Waals surface area contributed by atoms with E-state index in [2.05, 4.69) is 9.55 Å². The van der Waals surface area contributed by atoms with Gasteiger partial charge in [-0.1, -0.05) is 0 Å². The van der Waals surface area contributed by atoms with E-state index in [-0.39, 0.29) is 12.5 Å². The van der Waals surface area contributed by atoms with Gasteiger partial charge in [-0.05, 0) is 31.6 Å². The van der Waals surface area contributed by atoms with Crippen molar-refractivity contribution in [1.29, 1.82) is 0 Å². The fraction of sp³-hybridized carbons (Fsp3) is 0.714. The van der Waals surface area contributed by atoms with E-state index in [0.717, 1.165) is 37.3 Å². The van der Waals surface area contributed by atoms with Crippen molar-refractivity contribution in [3.8, 4) is 0 Å². The summed E-state index contributed by atoms with van der Waals surface area (Å²) in [5, 5.41) is 9.58. The summed E-state index contributed by atoms with van der Waals surface area (Å²) in [6, 6.07) is 0. The average molecular weight is 263 g/mol. The lowest BCUT2D eigenvalue weighted by Crippen LogP contribution is -2.42. The Kier molecular flexibility index (Phi) is 3.09. The first-order valence-electron chi connectivity index (χ1n) is 7.14. The molecule has 1 fully saturated rings. The molecular weight excluding hydrogens is 242 g/mol. The molecule has 19 heavy (non-hydrogen) atoms. The van der Waals surface area contributed by atoms with Crippen LogP contribution in [0.1, 0.15) is 37.2 Å². The molecule has 0 spiro atoms. The Morgan fingerprint density at radius 1 is 1.53 bits per heavy atom. The van der Waals surface area contributed by atoms with Gasteiger partial charge in [0.05, 0.1) is 11.1 Å². The molecule has 3 rings (SSSR count). The molecule has 0 amide bonds. The highest BCUT2D eigenvalue weighted by molar-refractivity contribution is 5.76. The monoisotopic (exact) mass is 263 g/mol. The van der Waals surface area contributed by atoms with Crippen LogP contribution in [-0.2, 0) is 24.2 Å². The van der Waals surface area contributed by atoms with Crippen LogP contribution in [0.25, 0.3) is 0 Å². The number of aromatic nitrogens is 2. The molecule has 5 heteroatoms. The van der Waals surface area contributed by atoms with Gasteiger partial charge in [-0.2, -0.15) is 0 Å². The Morgan fingerprint density at radius 3 is 2.89 bits per heavy atom. The van der Waals surface area contributed by atoms with Crippen molar-refractivity contribution in [3.05, 3.63) is 17.7 Å². The number of rotatable bonds is 5. The summed E-state index contributed by atoms with van der Waals surface area (Å²) in [5.74, 6) is 0.575. The molecule has 1 saturated carbocycles. The maximum Gasteiger partial charge on any atom is 0.311 e. The fourth-order valence-electron chi connectivity index (χ4n) is 3.24. The van der Waals surface area contributed by atoms with E-state index in [9.17, 15) is 9.90 Å². The average Bonchev–Trinajstić information content (AvgIpc) is 3.16. The van der Waals surface area contributed by atoms with Crippen LogP contribution in [0.3, 0.4) is 0 Å². The Hall–Kier alpha value is -1.36. The van der Waals surface area contributed by atoms with Crippen molar-refractivity contribution in [2.24, 2.45) is 17.1 Å². The molecular formula is C14H21N3O2. The summed E-state index contributed by atoms with van der Waals surface area (Å²) in [5.41, 5.74) is 5.90. The van der Waals surface area contributed by atoms with Crippen LogP contribution in [0.5, 0.6) is 0 Å². The van der Waals surface area contributed by atoms with Crippen LogP contribution in [0.2, 0.25) is 0 Å². The number of fused-ring (bicyclic) bond motifs is 1. The lowest BCUT2D eigenvalue weighted by molar-refractivity contribution is -0.149. The van der Waals surface area contributed by atoms with Crippen LogP contribution < -0.4 is 5.73 Å². The standard InChI is InChI=1S/C14H21N3O2/c15-9-14(13(18)19,10-4-5-10)7-11-8-17-6-2-1-3-12(17)16-11/h8,10H,1-7,9,15H2,(H,18,19). The maximum atomic E-state index is 11.7. The molecule has 3 N–H and O–H groups in total. The summed E-state index contributed by atoms with van der Waals surface area (Å²) >= 11 is 0. The Labute approximate surface area is 112 Å². The molecule has 0 radical (unpaired) electrons. The Morgan fingerprint density at radius 2 is 2.32 bits per heavy atom. The van der Waals surface area contributed by atoms with Gasteiger partial charge in [0.2, 0.25) is 0 Å². The first-order chi connectivity index (χ1) is 9.15. The first kappa shape index (κ1) is 12.7. The van der Waals surface area contributed by atoms with E-state index in [1.54, 1.807) is 0 Å². The molecule has 104 valence electrons. The van der Waals surface area contributed by atoms with Crippen molar-refractivity contribution in [1.82, 2.24) is 9.55 Å². The third-order valence-electron chi connectivity index (χ3n) is 4.60. The van der Waals surface area contributed by atoms with E-state index in [1.807, 2.05) is 6.20 Å². The van der Waals surface area contributed by atoms with Crippen molar-refractivity contribution in [2.45, 2.75) is 45.1 Å². The molecule has 1 aliphatic carbocycles. The summed E-state index contributed by atoms with van der Waals surface area (Å²) in [6.07, 6.45) is 7.85. The van der Waals surface area contributed by atoms with Gasteiger partial charge in [0.25, 0.3) is 0 Å². The smallest absolute Gasteiger partial charge is 0.311 e. The number of imidazole rings is 1. The molecule has 0 bridgehead atoms. The molecule has 1 aromatic heterocycles. The lowest BCUT2D eigenvalue weighted by Gasteiger charge is -2.26. The largest absolute Gasteiger partial charge is 0.481 e. The Bertz CT molecular complexity index is 469. The van der Waals surface area contributed by atoms with Gasteiger partial charge in [-0.3, -0.25) is 4.79 Å². The predicted octanol–water partition coefficient (Wildman–Crippen LogP) is 1.20. The third kappa shape index (κ3) is 2.16. The quantitative estimate of drug-likeness (QED) is 0.836. The minimum atomic E-state index is -0.801. The van der Waals surface area contributed by atoms with Crippen LogP contribution in [0, 0.1) is 11.3 Å². The SMILES string of the molecule is NCC(Cc1cn2c(n1)CCCC2)(C(=O)O)C1CC1. The number of carboxylic acid groups (broad SMARTS) is 1. The van der Waals surface area contributed by atoms with E-state index in [0.29, 0.717) is 6.42 Å². The van der Waals surface area contributed by atoms with E-state index >= 15 is 0 Å². The number of hydrogen-bond donors (Lipinski definition) is 2.